The zero-order chi connectivity index (χ0) is 21.7. The van der Waals surface area contributed by atoms with E-state index in [1.54, 1.807) is 35.2 Å². The molecule has 10 heteroatoms. The summed E-state index contributed by atoms with van der Waals surface area (Å²) < 4.78 is 0. The van der Waals surface area contributed by atoms with Crippen LogP contribution in [0.5, 0.6) is 0 Å². The average Bonchev–Trinajstić information content (AvgIpc) is 3.22. The van der Waals surface area contributed by atoms with Gasteiger partial charge in [-0.3, -0.25) is 14.4 Å². The predicted octanol–water partition coefficient (Wildman–Crippen LogP) is -1.04. The Balaban J connectivity index is 1.62. The normalized spacial score (nSPS) is 20.2. The van der Waals surface area contributed by atoms with Crippen LogP contribution in [-0.2, 0) is 14.4 Å². The number of nitrogens with zero attached hydrogens (tertiary/aromatic N) is 1. The van der Waals surface area contributed by atoms with Gasteiger partial charge in [-0.1, -0.05) is 40.2 Å². The first kappa shape index (κ1) is 21.6. The highest BCUT2D eigenvalue weighted by Crippen LogP contribution is 2.19. The third-order valence-corrected chi connectivity index (χ3v) is 5.42. The first-order chi connectivity index (χ1) is 14.4. The number of alkyl halides is 1. The van der Waals surface area contributed by atoms with E-state index in [1.807, 2.05) is 12.2 Å². The topological polar surface area (TPSA) is 142 Å². The second-order valence-electron chi connectivity index (χ2n) is 6.92. The van der Waals surface area contributed by atoms with E-state index in [4.69, 9.17) is 11.1 Å². The van der Waals surface area contributed by atoms with Crippen molar-refractivity contribution in [3.05, 3.63) is 53.9 Å². The number of anilines is 1. The number of hydrogen-bond acceptors (Lipinski definition) is 5. The Hall–Kier alpha value is -3.14. The van der Waals surface area contributed by atoms with Gasteiger partial charge in [-0.15, -0.1) is 0 Å². The maximum Gasteiger partial charge on any atom is 0.313 e. The number of carbonyl (C=O) groups is 3. The van der Waals surface area contributed by atoms with E-state index in [1.165, 1.54) is 0 Å². The lowest BCUT2D eigenvalue weighted by molar-refractivity contribution is -0.136. The highest BCUT2D eigenvalue weighted by atomic mass is 79.9. The highest BCUT2D eigenvalue weighted by molar-refractivity contribution is 9.09. The number of dihydropyridines is 1. The molecule has 30 heavy (non-hydrogen) atoms. The zero-order valence-electron chi connectivity index (χ0n) is 16.2. The van der Waals surface area contributed by atoms with E-state index in [2.05, 4.69) is 31.9 Å². The molecule has 1 aromatic carbocycles. The van der Waals surface area contributed by atoms with Crippen LogP contribution in [0.4, 0.5) is 5.69 Å². The summed E-state index contributed by atoms with van der Waals surface area (Å²) in [6.07, 6.45) is 6.83. The predicted molar refractivity (Wildman–Crippen MR) is 116 cm³/mol. The van der Waals surface area contributed by atoms with Crippen molar-refractivity contribution in [2.24, 2.45) is 5.73 Å². The molecule has 3 rings (SSSR count). The van der Waals surface area contributed by atoms with Gasteiger partial charge in [0, 0.05) is 12.2 Å². The third kappa shape index (κ3) is 5.07. The molecule has 1 unspecified atom stereocenters. The second kappa shape index (κ2) is 9.57. The van der Waals surface area contributed by atoms with Gasteiger partial charge in [0.05, 0.1) is 12.1 Å². The monoisotopic (exact) mass is 475 g/mol. The number of allylic oxidation sites excluding steroid dienone is 2. The Labute approximate surface area is 182 Å². The summed E-state index contributed by atoms with van der Waals surface area (Å²) in [6, 6.07) is 6.29. The Morgan fingerprint density at radius 2 is 2.07 bits per heavy atom. The number of carbonyl (C=O) groups excluding carboxylic acids is 3. The van der Waals surface area contributed by atoms with Crippen LogP contribution in [0, 0.1) is 0 Å². The van der Waals surface area contributed by atoms with Gasteiger partial charge in [0.1, 0.15) is 16.8 Å². The second-order valence-corrected chi connectivity index (χ2v) is 7.91. The minimum Gasteiger partial charge on any atom is -0.375 e. The van der Waals surface area contributed by atoms with Crippen molar-refractivity contribution in [1.82, 2.24) is 15.5 Å². The number of para-hydroxylation sites is 1. The van der Waals surface area contributed by atoms with Crippen LogP contribution in [0.15, 0.2) is 48.3 Å². The summed E-state index contributed by atoms with van der Waals surface area (Å²) in [5, 5.41) is 14.7. The Kier molecular flexibility index (Phi) is 6.88. The number of amides is 3. The molecule has 0 aliphatic carbocycles. The van der Waals surface area contributed by atoms with Gasteiger partial charge in [-0.25, -0.2) is 5.41 Å². The lowest BCUT2D eigenvalue weighted by atomic mass is 10.1. The van der Waals surface area contributed by atoms with Crippen LogP contribution in [0.3, 0.4) is 0 Å². The van der Waals surface area contributed by atoms with E-state index in [9.17, 15) is 14.4 Å². The maximum atomic E-state index is 12.8. The summed E-state index contributed by atoms with van der Waals surface area (Å²) in [5.41, 5.74) is 6.13. The molecule has 2 atom stereocenters. The molecule has 1 aromatic rings. The van der Waals surface area contributed by atoms with E-state index >= 15 is 0 Å². The molecule has 2 aliphatic heterocycles. The molecule has 2 heterocycles. The van der Waals surface area contributed by atoms with Crippen LogP contribution in [0.1, 0.15) is 18.4 Å². The van der Waals surface area contributed by atoms with Crippen LogP contribution < -0.4 is 27.1 Å². The summed E-state index contributed by atoms with van der Waals surface area (Å²) in [4.78, 5) is 38.4. The van der Waals surface area contributed by atoms with E-state index in [0.29, 0.717) is 30.0 Å². The molecule has 0 radical (unpaired) electrons. The van der Waals surface area contributed by atoms with E-state index in [0.717, 1.165) is 6.42 Å². The molecule has 1 saturated heterocycles. The molecule has 9 nitrogen and oxygen atoms in total. The van der Waals surface area contributed by atoms with Gasteiger partial charge < -0.3 is 26.6 Å². The average molecular weight is 476 g/mol. The van der Waals surface area contributed by atoms with Crippen molar-refractivity contribution in [2.45, 2.75) is 23.8 Å². The number of primary amides is 1. The maximum absolute atomic E-state index is 12.8. The van der Waals surface area contributed by atoms with Gasteiger partial charge in [0.2, 0.25) is 11.8 Å². The molecule has 3 amide bonds. The van der Waals surface area contributed by atoms with E-state index < -0.39 is 11.9 Å². The smallest absolute Gasteiger partial charge is 0.313 e. The Morgan fingerprint density at radius 3 is 2.80 bits per heavy atom. The Morgan fingerprint density at radius 1 is 1.30 bits per heavy atom. The van der Waals surface area contributed by atoms with Gasteiger partial charge in [0.25, 0.3) is 5.71 Å². The fourth-order valence-corrected chi connectivity index (χ4v) is 3.83. The summed E-state index contributed by atoms with van der Waals surface area (Å²) in [7, 11) is 0. The van der Waals surface area contributed by atoms with Crippen molar-refractivity contribution in [1.29, 1.82) is 0 Å². The quantitative estimate of drug-likeness (QED) is 0.194. The third-order valence-electron chi connectivity index (χ3n) is 4.88. The molecular formula is C20H24BrN6O3+. The van der Waals surface area contributed by atoms with Gasteiger partial charge in [-0.2, -0.15) is 0 Å². The van der Waals surface area contributed by atoms with Crippen molar-refractivity contribution < 1.29 is 19.8 Å². The molecule has 0 aromatic heterocycles. The van der Waals surface area contributed by atoms with Gasteiger partial charge >= 0.3 is 5.91 Å². The lowest BCUT2D eigenvalue weighted by Crippen LogP contribution is -2.49. The fourth-order valence-electron chi connectivity index (χ4n) is 3.40. The van der Waals surface area contributed by atoms with Crippen molar-refractivity contribution in [3.8, 4) is 0 Å². The number of benzene rings is 1. The number of rotatable bonds is 7. The SMILES string of the molecule is NC(=O)C(=[NH2+])c1ccccc1NCC(=O)N1CCC[C@H]1C(=O)NC1=CC=CC(Br)N1. The first-order valence-electron chi connectivity index (χ1n) is 9.51. The lowest BCUT2D eigenvalue weighted by Gasteiger charge is -2.26. The number of nitrogens with two attached hydrogens (primary N) is 2. The molecule has 0 spiro atoms. The number of halogens is 1. The first-order valence-corrected chi connectivity index (χ1v) is 10.4. The molecule has 1 fully saturated rings. The standard InChI is InChI=1S/C20H23BrN6O3/c21-15-8-3-9-16(25-15)26-20(30)14-7-4-10-27(14)17(28)11-24-13-6-2-1-5-12(13)18(22)19(23)29/h1-3,5-6,8-9,14-15,22,24-25H,4,7,10-11H2,(H2,23,29)(H,26,30)/p+1/t14-,15?/m0/s1. The minimum atomic E-state index is -0.738. The van der Waals surface area contributed by atoms with Gasteiger partial charge in [-0.05, 0) is 31.1 Å². The minimum absolute atomic E-state index is 0.0417. The Bertz CT molecular complexity index is 929. The van der Waals surface area contributed by atoms with Crippen molar-refractivity contribution >= 4 is 45.1 Å². The summed E-state index contributed by atoms with van der Waals surface area (Å²) in [5.74, 6) is -0.614. The highest BCUT2D eigenvalue weighted by Gasteiger charge is 2.34. The largest absolute Gasteiger partial charge is 0.375 e. The number of hydrogen-bond donors (Lipinski definition) is 5. The van der Waals surface area contributed by atoms with Crippen molar-refractivity contribution in [2.75, 3.05) is 18.4 Å². The van der Waals surface area contributed by atoms with Crippen LogP contribution in [0.2, 0.25) is 0 Å². The molecular weight excluding hydrogens is 452 g/mol. The van der Waals surface area contributed by atoms with Crippen molar-refractivity contribution in [3.63, 3.8) is 0 Å². The van der Waals surface area contributed by atoms with Crippen LogP contribution in [0.25, 0.3) is 0 Å². The molecule has 7 N–H and O–H groups in total. The molecule has 0 bridgehead atoms. The molecule has 158 valence electrons. The fraction of sp³-hybridized carbons (Fsp3) is 0.300. The molecule has 0 saturated carbocycles. The number of nitrogens with one attached hydrogen (secondary N) is 3. The molecule has 2 aliphatic rings. The number of likely N-dealkylation sites (tertiary alicyclic amines) is 1. The van der Waals surface area contributed by atoms with Gasteiger partial charge in [0.15, 0.2) is 0 Å². The summed E-state index contributed by atoms with van der Waals surface area (Å²) >= 11 is 3.40. The van der Waals surface area contributed by atoms with Crippen LogP contribution >= 0.6 is 15.9 Å². The zero-order valence-corrected chi connectivity index (χ0v) is 17.8. The van der Waals surface area contributed by atoms with E-state index in [-0.39, 0.29) is 29.0 Å². The van der Waals surface area contributed by atoms with Crippen LogP contribution in [-0.4, -0.2) is 52.4 Å². The summed E-state index contributed by atoms with van der Waals surface area (Å²) in [6.45, 7) is 0.462.